The van der Waals surface area contributed by atoms with E-state index in [4.69, 9.17) is 24.6 Å². The molecule has 0 radical (unpaired) electrons. The molecule has 3 aliphatic rings. The van der Waals surface area contributed by atoms with Crippen molar-refractivity contribution in [2.24, 2.45) is 23.5 Å². The quantitative estimate of drug-likeness (QED) is 0.0890. The van der Waals surface area contributed by atoms with Crippen molar-refractivity contribution in [2.75, 3.05) is 13.2 Å². The number of likely N-dealkylation sites (tertiary alicyclic amines) is 1. The minimum absolute atomic E-state index is 0.0112. The lowest BCUT2D eigenvalue weighted by atomic mass is 10.0. The number of allylic oxidation sites excluding steroid dienone is 2. The molecule has 4 N–H and O–H groups in total. The Hall–Kier alpha value is -5.25. The summed E-state index contributed by atoms with van der Waals surface area (Å²) in [5.74, 6) is -2.20. The van der Waals surface area contributed by atoms with Crippen LogP contribution in [0.1, 0.15) is 71.6 Å². The molecule has 2 saturated carbocycles. The van der Waals surface area contributed by atoms with Crippen molar-refractivity contribution in [1.82, 2.24) is 19.9 Å². The second kappa shape index (κ2) is 16.7. The molecular weight excluding hydrogens is 758 g/mol. The summed E-state index contributed by atoms with van der Waals surface area (Å²) in [6.45, 7) is 3.90. The van der Waals surface area contributed by atoms with Crippen molar-refractivity contribution in [2.45, 2.75) is 95.1 Å². The average Bonchev–Trinajstić information content (AvgIpc) is 4.10. The van der Waals surface area contributed by atoms with Crippen LogP contribution in [0.5, 0.6) is 5.75 Å². The van der Waals surface area contributed by atoms with E-state index in [0.29, 0.717) is 59.7 Å². The van der Waals surface area contributed by atoms with E-state index in [-0.39, 0.29) is 49.5 Å². The Morgan fingerprint density at radius 3 is 2.61 bits per heavy atom. The number of amides is 4. The van der Waals surface area contributed by atoms with Gasteiger partial charge in [-0.15, -0.1) is 0 Å². The number of primary amides is 1. The first-order chi connectivity index (χ1) is 27.3. The van der Waals surface area contributed by atoms with Crippen LogP contribution >= 0.6 is 0 Å². The highest BCUT2D eigenvalue weighted by atomic mass is 32.2. The second-order valence-electron chi connectivity index (χ2n) is 15.7. The fourth-order valence-corrected chi connectivity index (χ4v) is 8.71. The SMILES string of the molecule is CC(C)COC(=O)N[C@@H](CCCCC/C=C\[C@@H]1C[C@@H]1C(=O)NS(=O)(=O)C1CC1)C(=O)N1C[C@H](Oc2c3cc(F)ccc3nc3c2oc2ccccc23)C[C@H]1C(N)=O. The number of para-hydroxylation sites is 1. The molecule has 57 heavy (non-hydrogen) atoms. The van der Waals surface area contributed by atoms with E-state index in [1.807, 2.05) is 44.2 Å². The fraction of sp³-hybridized carbons (Fsp3) is 0.488. The number of halogens is 1. The largest absolute Gasteiger partial charge is 0.484 e. The Balaban J connectivity index is 0.999. The Kier molecular flexibility index (Phi) is 11.7. The van der Waals surface area contributed by atoms with Crippen LogP contribution in [0.25, 0.3) is 33.0 Å². The highest BCUT2D eigenvalue weighted by molar-refractivity contribution is 7.90. The van der Waals surface area contributed by atoms with Crippen LogP contribution in [-0.4, -0.2) is 78.7 Å². The van der Waals surface area contributed by atoms with E-state index >= 15 is 0 Å². The highest BCUT2D eigenvalue weighted by Crippen LogP contribution is 2.42. The number of pyridine rings is 1. The van der Waals surface area contributed by atoms with Gasteiger partial charge in [0.05, 0.1) is 23.9 Å². The van der Waals surface area contributed by atoms with E-state index in [9.17, 15) is 32.0 Å². The molecule has 2 aliphatic carbocycles. The summed E-state index contributed by atoms with van der Waals surface area (Å²) in [5.41, 5.74) is 7.71. The first-order valence-corrected chi connectivity index (χ1v) is 21.2. The molecule has 5 atom stereocenters. The molecule has 14 nitrogen and oxygen atoms in total. The molecule has 3 heterocycles. The van der Waals surface area contributed by atoms with Gasteiger partial charge in [0.25, 0.3) is 0 Å². The number of sulfonamides is 1. The first kappa shape index (κ1) is 40.0. The minimum Gasteiger partial charge on any atom is -0.484 e. The number of benzene rings is 2. The van der Waals surface area contributed by atoms with Crippen molar-refractivity contribution < 1.29 is 45.9 Å². The van der Waals surface area contributed by atoms with Gasteiger partial charge in [0.1, 0.15) is 35.1 Å². The van der Waals surface area contributed by atoms with Crippen LogP contribution in [0.15, 0.2) is 59.0 Å². The van der Waals surface area contributed by atoms with Gasteiger partial charge < -0.3 is 29.8 Å². The van der Waals surface area contributed by atoms with Gasteiger partial charge >= 0.3 is 6.09 Å². The number of nitrogens with two attached hydrogens (primary N) is 1. The fourth-order valence-electron chi connectivity index (χ4n) is 7.36. The Morgan fingerprint density at radius 2 is 1.86 bits per heavy atom. The number of hydrogen-bond acceptors (Lipinski definition) is 10. The zero-order chi connectivity index (χ0) is 40.4. The molecule has 3 fully saturated rings. The standard InChI is InChI=1S/C41H48FN5O9S/c1-23(2)22-54-41(51)45-32(12-7-5-3-4-6-10-24-18-29(24)39(49)46-57(52,53)27-15-16-27)40(50)47-21-26(20-33(47)38(43)48)55-36-30-19-25(42)14-17-31(30)44-35-28-11-8-9-13-34(28)56-37(35)36/h6,8-11,13-14,17,19,23-24,26-27,29,32-33H,3-5,7,12,15-16,18,20-22H2,1-2H3,(H2,43,48)(H,45,51)(H,46,49)/b10-6-/t24-,26-,29+,32+,33+/m1/s1. The molecule has 7 rings (SSSR count). The summed E-state index contributed by atoms with van der Waals surface area (Å²) in [6.07, 6.45) is 7.33. The Labute approximate surface area is 329 Å². The molecule has 1 aliphatic heterocycles. The van der Waals surface area contributed by atoms with Crippen molar-refractivity contribution in [3.05, 3.63) is 60.4 Å². The monoisotopic (exact) mass is 805 g/mol. The summed E-state index contributed by atoms with van der Waals surface area (Å²) in [5, 5.41) is 3.37. The van der Waals surface area contributed by atoms with Gasteiger partial charge in [-0.05, 0) is 80.7 Å². The molecule has 4 aromatic rings. The number of furan rings is 1. The summed E-state index contributed by atoms with van der Waals surface area (Å²) < 4.78 is 59.0. The lowest BCUT2D eigenvalue weighted by Crippen LogP contribution is -2.53. The third-order valence-corrected chi connectivity index (χ3v) is 12.5. The predicted molar refractivity (Wildman–Crippen MR) is 210 cm³/mol. The smallest absolute Gasteiger partial charge is 0.407 e. The normalized spacial score (nSPS) is 21.4. The number of carbonyl (C=O) groups excluding carboxylic acids is 4. The zero-order valence-corrected chi connectivity index (χ0v) is 32.8. The van der Waals surface area contributed by atoms with Gasteiger partial charge in [0.2, 0.25) is 27.7 Å². The van der Waals surface area contributed by atoms with E-state index in [0.717, 1.165) is 18.2 Å². The topological polar surface area (TPSA) is 200 Å². The van der Waals surface area contributed by atoms with Crippen LogP contribution in [-0.2, 0) is 29.1 Å². The molecule has 0 bridgehead atoms. The number of carbonyl (C=O) groups is 4. The maximum Gasteiger partial charge on any atom is 0.407 e. The molecule has 0 spiro atoms. The Bertz CT molecular complexity index is 2330. The highest BCUT2D eigenvalue weighted by Gasteiger charge is 2.45. The van der Waals surface area contributed by atoms with Gasteiger partial charge in [-0.1, -0.05) is 51.0 Å². The number of alkyl carbamates (subject to hydrolysis) is 1. The minimum atomic E-state index is -3.56. The molecule has 2 aromatic carbocycles. The molecule has 0 unspecified atom stereocenters. The number of nitrogens with zero attached hydrogens (tertiary/aromatic N) is 2. The van der Waals surface area contributed by atoms with Crippen molar-refractivity contribution in [1.29, 1.82) is 0 Å². The van der Waals surface area contributed by atoms with Gasteiger partial charge in [-0.25, -0.2) is 22.6 Å². The van der Waals surface area contributed by atoms with Gasteiger partial charge in [0.15, 0.2) is 11.3 Å². The van der Waals surface area contributed by atoms with Crippen LogP contribution in [0.2, 0.25) is 0 Å². The summed E-state index contributed by atoms with van der Waals surface area (Å²) in [7, 11) is -3.56. The zero-order valence-electron chi connectivity index (χ0n) is 31.9. The molecular formula is C41H48FN5O9S. The van der Waals surface area contributed by atoms with Crippen LogP contribution in [0, 0.1) is 23.6 Å². The third kappa shape index (κ3) is 9.32. The predicted octanol–water partition coefficient (Wildman–Crippen LogP) is 5.61. The van der Waals surface area contributed by atoms with E-state index in [1.165, 1.54) is 17.0 Å². The summed E-state index contributed by atoms with van der Waals surface area (Å²) in [4.78, 5) is 58.3. The molecule has 1 saturated heterocycles. The van der Waals surface area contributed by atoms with Crippen LogP contribution in [0.3, 0.4) is 0 Å². The van der Waals surface area contributed by atoms with E-state index in [1.54, 1.807) is 12.1 Å². The molecule has 2 aromatic heterocycles. The van der Waals surface area contributed by atoms with Crippen molar-refractivity contribution in [3.8, 4) is 5.75 Å². The third-order valence-electron chi connectivity index (χ3n) is 10.6. The van der Waals surface area contributed by atoms with Gasteiger partial charge in [-0.3, -0.25) is 19.1 Å². The summed E-state index contributed by atoms with van der Waals surface area (Å²) in [6, 6.07) is 9.44. The maximum absolute atomic E-state index is 14.6. The number of fused-ring (bicyclic) bond motifs is 4. The second-order valence-corrected chi connectivity index (χ2v) is 17.7. The first-order valence-electron chi connectivity index (χ1n) is 19.6. The number of aromatic nitrogens is 1. The summed E-state index contributed by atoms with van der Waals surface area (Å²) >= 11 is 0. The lowest BCUT2D eigenvalue weighted by Gasteiger charge is -2.27. The van der Waals surface area contributed by atoms with E-state index in [2.05, 4.69) is 10.0 Å². The number of unbranched alkanes of at least 4 members (excludes halogenated alkanes) is 3. The molecule has 304 valence electrons. The number of ether oxygens (including phenoxy) is 2. The van der Waals surface area contributed by atoms with Crippen molar-refractivity contribution >= 4 is 66.8 Å². The van der Waals surface area contributed by atoms with Gasteiger partial charge in [-0.2, -0.15) is 0 Å². The van der Waals surface area contributed by atoms with Crippen LogP contribution in [0.4, 0.5) is 9.18 Å². The van der Waals surface area contributed by atoms with E-state index < -0.39 is 63.1 Å². The number of hydrogen-bond donors (Lipinski definition) is 3. The van der Waals surface area contributed by atoms with Gasteiger partial charge in [0, 0.05) is 23.1 Å². The van der Waals surface area contributed by atoms with Crippen molar-refractivity contribution in [3.63, 3.8) is 0 Å². The molecule has 16 heteroatoms. The molecule has 4 amide bonds. The number of rotatable bonds is 17. The van der Waals surface area contributed by atoms with Crippen LogP contribution < -0.4 is 20.5 Å². The maximum atomic E-state index is 14.6. The lowest BCUT2D eigenvalue weighted by molar-refractivity contribution is -0.139. The number of nitrogens with one attached hydrogen (secondary N) is 2. The average molecular weight is 806 g/mol. The Morgan fingerprint density at radius 1 is 1.07 bits per heavy atom.